The first kappa shape index (κ1) is 13.4. The van der Waals surface area contributed by atoms with Gasteiger partial charge in [-0.2, -0.15) is 0 Å². The second-order valence-corrected chi connectivity index (χ2v) is 5.06. The van der Waals surface area contributed by atoms with Crippen LogP contribution in [0.3, 0.4) is 0 Å². The highest BCUT2D eigenvalue weighted by Crippen LogP contribution is 2.31. The molecule has 2 amide bonds. The van der Waals surface area contributed by atoms with Crippen LogP contribution in [0.1, 0.15) is 18.1 Å². The number of terminal acetylenes is 1. The third-order valence-corrected chi connectivity index (χ3v) is 3.72. The van der Waals surface area contributed by atoms with E-state index in [-0.39, 0.29) is 17.7 Å². The van der Waals surface area contributed by atoms with Gasteiger partial charge in [0, 0.05) is 0 Å². The normalized spacial score (nSPS) is 17.1. The summed E-state index contributed by atoms with van der Waals surface area (Å²) in [7, 11) is 0. The fourth-order valence-corrected chi connectivity index (χ4v) is 2.57. The second-order valence-electron chi connectivity index (χ2n) is 4.07. The van der Waals surface area contributed by atoms with Gasteiger partial charge in [-0.25, -0.2) is 0 Å². The van der Waals surface area contributed by atoms with E-state index in [0.717, 1.165) is 28.6 Å². The largest absolute Gasteiger partial charge is 0.294 e. The predicted octanol–water partition coefficient (Wildman–Crippen LogP) is 2.92. The van der Waals surface area contributed by atoms with E-state index in [1.54, 1.807) is 6.08 Å². The van der Waals surface area contributed by atoms with E-state index in [1.165, 1.54) is 5.56 Å². The Labute approximate surface area is 116 Å². The monoisotopic (exact) mass is 271 g/mol. The van der Waals surface area contributed by atoms with Gasteiger partial charge in [-0.15, -0.1) is 6.42 Å². The number of hydrogen-bond acceptors (Lipinski definition) is 3. The van der Waals surface area contributed by atoms with Crippen LogP contribution in [0, 0.1) is 12.3 Å². The third-order valence-electron chi connectivity index (χ3n) is 2.81. The second kappa shape index (κ2) is 5.77. The molecule has 0 aromatic heterocycles. The van der Waals surface area contributed by atoms with Crippen molar-refractivity contribution in [3.8, 4) is 12.3 Å². The van der Waals surface area contributed by atoms with Gasteiger partial charge < -0.3 is 0 Å². The van der Waals surface area contributed by atoms with Gasteiger partial charge in [-0.1, -0.05) is 37.1 Å². The molecule has 1 heterocycles. The zero-order valence-electron chi connectivity index (χ0n) is 10.6. The molecule has 0 unspecified atom stereocenters. The minimum atomic E-state index is -0.312. The molecule has 19 heavy (non-hydrogen) atoms. The molecule has 1 aromatic carbocycles. The Bertz CT molecular complexity index is 581. The van der Waals surface area contributed by atoms with Crippen LogP contribution in [0.5, 0.6) is 0 Å². The van der Waals surface area contributed by atoms with Gasteiger partial charge >= 0.3 is 0 Å². The van der Waals surface area contributed by atoms with Crippen molar-refractivity contribution in [2.75, 3.05) is 6.54 Å². The molecule has 1 aliphatic heterocycles. The van der Waals surface area contributed by atoms with Crippen LogP contribution in [-0.4, -0.2) is 22.6 Å². The van der Waals surface area contributed by atoms with Gasteiger partial charge in [-0.3, -0.25) is 14.5 Å². The maximum Gasteiger partial charge on any atom is 0.294 e. The van der Waals surface area contributed by atoms with Crippen molar-refractivity contribution in [3.05, 3.63) is 40.3 Å². The predicted molar refractivity (Wildman–Crippen MR) is 77.3 cm³/mol. The van der Waals surface area contributed by atoms with E-state index in [4.69, 9.17) is 6.42 Å². The lowest BCUT2D eigenvalue weighted by Crippen LogP contribution is -2.28. The number of hydrogen-bond donors (Lipinski definition) is 0. The van der Waals surface area contributed by atoms with E-state index in [1.807, 2.05) is 24.3 Å². The number of imide groups is 1. The Hall–Kier alpha value is -1.99. The average molecular weight is 271 g/mol. The SMILES string of the molecule is C#CCN1C(=O)S/C(=C/c2ccc(CC)cc2)C1=O. The standard InChI is InChI=1S/C15H13NO2S/c1-3-9-16-14(17)13(19-15(16)18)10-12-7-5-11(4-2)6-8-12/h1,5-8,10H,4,9H2,2H3/b13-10+. The van der Waals surface area contributed by atoms with E-state index in [9.17, 15) is 9.59 Å². The van der Waals surface area contributed by atoms with E-state index >= 15 is 0 Å². The molecule has 96 valence electrons. The molecule has 0 aliphatic carbocycles. The molecule has 0 saturated carbocycles. The van der Waals surface area contributed by atoms with Gasteiger partial charge in [0.15, 0.2) is 0 Å². The van der Waals surface area contributed by atoms with Crippen molar-refractivity contribution in [1.82, 2.24) is 4.90 Å². The van der Waals surface area contributed by atoms with E-state index < -0.39 is 0 Å². The van der Waals surface area contributed by atoms with Gasteiger partial charge in [0.05, 0.1) is 11.4 Å². The number of rotatable bonds is 3. The molecule has 0 atom stereocenters. The van der Waals surface area contributed by atoms with Crippen LogP contribution in [0.15, 0.2) is 29.2 Å². The molecule has 1 saturated heterocycles. The molecule has 0 N–H and O–H groups in total. The number of carbonyl (C=O) groups excluding carboxylic acids is 2. The first-order chi connectivity index (χ1) is 9.15. The summed E-state index contributed by atoms with van der Waals surface area (Å²) in [5.41, 5.74) is 2.14. The molecular formula is C15H13NO2S. The molecular weight excluding hydrogens is 258 g/mol. The van der Waals surface area contributed by atoms with Crippen LogP contribution in [0.4, 0.5) is 4.79 Å². The lowest BCUT2D eigenvalue weighted by Gasteiger charge is -2.06. The summed E-state index contributed by atoms with van der Waals surface area (Å²) in [5.74, 6) is 2.00. The molecule has 0 spiro atoms. The smallest absolute Gasteiger partial charge is 0.268 e. The van der Waals surface area contributed by atoms with Crippen LogP contribution < -0.4 is 0 Å². The maximum atomic E-state index is 12.0. The number of thioether (sulfide) groups is 1. The number of benzene rings is 1. The Morgan fingerprint density at radius 2 is 2.00 bits per heavy atom. The van der Waals surface area contributed by atoms with Crippen LogP contribution in [0.2, 0.25) is 0 Å². The number of aryl methyl sites for hydroxylation is 1. The summed E-state index contributed by atoms with van der Waals surface area (Å²) in [6, 6.07) is 7.90. The van der Waals surface area contributed by atoms with E-state index in [2.05, 4.69) is 12.8 Å². The fraction of sp³-hybridized carbons (Fsp3) is 0.200. The quantitative estimate of drug-likeness (QED) is 0.626. The van der Waals surface area contributed by atoms with Crippen molar-refractivity contribution >= 4 is 29.0 Å². The molecule has 0 radical (unpaired) electrons. The van der Waals surface area contributed by atoms with Crippen molar-refractivity contribution in [3.63, 3.8) is 0 Å². The van der Waals surface area contributed by atoms with Crippen LogP contribution in [-0.2, 0) is 11.2 Å². The highest BCUT2D eigenvalue weighted by Gasteiger charge is 2.34. The lowest BCUT2D eigenvalue weighted by molar-refractivity contribution is -0.122. The minimum absolute atomic E-state index is 0.0246. The molecule has 1 aliphatic rings. The molecule has 4 heteroatoms. The van der Waals surface area contributed by atoms with Crippen LogP contribution >= 0.6 is 11.8 Å². The highest BCUT2D eigenvalue weighted by molar-refractivity contribution is 8.18. The van der Waals surface area contributed by atoms with Crippen molar-refractivity contribution in [1.29, 1.82) is 0 Å². The zero-order valence-corrected chi connectivity index (χ0v) is 11.4. The summed E-state index contributed by atoms with van der Waals surface area (Å²) >= 11 is 0.930. The summed E-state index contributed by atoms with van der Waals surface area (Å²) < 4.78 is 0. The Balaban J connectivity index is 2.22. The summed E-state index contributed by atoms with van der Waals surface area (Å²) in [6.45, 7) is 2.11. The van der Waals surface area contributed by atoms with Crippen molar-refractivity contribution in [2.24, 2.45) is 0 Å². The average Bonchev–Trinajstić information content (AvgIpc) is 2.68. The van der Waals surface area contributed by atoms with Gasteiger partial charge in [0.2, 0.25) is 0 Å². The topological polar surface area (TPSA) is 37.4 Å². The molecule has 3 nitrogen and oxygen atoms in total. The van der Waals surface area contributed by atoms with Crippen LogP contribution in [0.25, 0.3) is 6.08 Å². The highest BCUT2D eigenvalue weighted by atomic mass is 32.2. The van der Waals surface area contributed by atoms with Gasteiger partial charge in [0.25, 0.3) is 11.1 Å². The lowest BCUT2D eigenvalue weighted by atomic mass is 10.1. The Kier molecular flexibility index (Phi) is 4.08. The summed E-state index contributed by atoms with van der Waals surface area (Å²) in [5, 5.41) is -0.306. The zero-order chi connectivity index (χ0) is 13.8. The number of amides is 2. The summed E-state index contributed by atoms with van der Waals surface area (Å²) in [6.07, 6.45) is 7.83. The molecule has 1 fully saturated rings. The summed E-state index contributed by atoms with van der Waals surface area (Å²) in [4.78, 5) is 25.1. The van der Waals surface area contributed by atoms with Gasteiger partial charge in [0.1, 0.15) is 0 Å². The molecule has 0 bridgehead atoms. The van der Waals surface area contributed by atoms with E-state index in [0.29, 0.717) is 4.91 Å². The maximum absolute atomic E-state index is 12.0. The molecule has 1 aromatic rings. The van der Waals surface area contributed by atoms with Crippen molar-refractivity contribution in [2.45, 2.75) is 13.3 Å². The third kappa shape index (κ3) is 2.88. The first-order valence-corrected chi connectivity index (χ1v) is 6.75. The molecule has 2 rings (SSSR count). The Morgan fingerprint density at radius 3 is 2.58 bits per heavy atom. The minimum Gasteiger partial charge on any atom is -0.268 e. The Morgan fingerprint density at radius 1 is 1.32 bits per heavy atom. The van der Waals surface area contributed by atoms with Crippen molar-refractivity contribution < 1.29 is 9.59 Å². The number of nitrogens with zero attached hydrogens (tertiary/aromatic N) is 1. The first-order valence-electron chi connectivity index (χ1n) is 5.93. The fourth-order valence-electron chi connectivity index (χ4n) is 1.73. The number of carbonyl (C=O) groups is 2. The van der Waals surface area contributed by atoms with Gasteiger partial charge in [-0.05, 0) is 35.4 Å².